The fourth-order valence-electron chi connectivity index (χ4n) is 0.346. The van der Waals surface area contributed by atoms with Crippen LogP contribution in [-0.4, -0.2) is 4.43 Å². The minimum Gasteiger partial charge on any atom is -0.332 e. The normalized spacial score (nSPS) is 10.2. The molecule has 0 spiro atoms. The van der Waals surface area contributed by atoms with Crippen LogP contribution in [0.15, 0.2) is 12.3 Å². The quantitative estimate of drug-likeness (QED) is 0.248. The molecule has 0 radical (unpaired) electrons. The van der Waals surface area contributed by atoms with Crippen molar-refractivity contribution in [2.75, 3.05) is 4.43 Å². The Balaban J connectivity index is 2.80. The summed E-state index contributed by atoms with van der Waals surface area (Å²) in [5.74, 6) is 4.97. The fraction of sp³-hybridized carbons (Fsp3) is 0.600. The number of allylic oxidation sites excluding steroid dienone is 1. The van der Waals surface area contributed by atoms with Crippen molar-refractivity contribution in [2.45, 2.75) is 12.8 Å². The number of halogens is 1. The maximum Gasteiger partial charge on any atom is 0.00826 e. The van der Waals surface area contributed by atoms with Gasteiger partial charge in [0.25, 0.3) is 0 Å². The molecule has 2 nitrogen and oxygen atoms in total. The van der Waals surface area contributed by atoms with Gasteiger partial charge in [0, 0.05) is 6.20 Å². The number of rotatable bonds is 4. The summed E-state index contributed by atoms with van der Waals surface area (Å²) in [5, 5.41) is 0. The number of unbranched alkanes of at least 4 members (excludes halogenated alkanes) is 1. The Morgan fingerprint density at radius 2 is 2.38 bits per heavy atom. The third kappa shape index (κ3) is 6.23. The lowest BCUT2D eigenvalue weighted by atomic mass is 10.3. The monoisotopic (exact) mass is 226 g/mol. The number of hydrogen-bond donors (Lipinski definition) is 2. The number of nitrogens with two attached hydrogens (primary N) is 1. The number of hydrogen-bond acceptors (Lipinski definition) is 2. The van der Waals surface area contributed by atoms with Crippen LogP contribution in [0.25, 0.3) is 0 Å². The van der Waals surface area contributed by atoms with Crippen LogP contribution in [0.5, 0.6) is 0 Å². The second-order valence-electron chi connectivity index (χ2n) is 1.40. The first kappa shape index (κ1) is 8.23. The van der Waals surface area contributed by atoms with Crippen LogP contribution in [0.2, 0.25) is 0 Å². The predicted octanol–water partition coefficient (Wildman–Crippen LogP) is 1.18. The van der Waals surface area contributed by atoms with Crippen LogP contribution in [0.1, 0.15) is 12.8 Å². The molecule has 8 heavy (non-hydrogen) atoms. The van der Waals surface area contributed by atoms with Crippen LogP contribution in [-0.2, 0) is 0 Å². The van der Waals surface area contributed by atoms with Gasteiger partial charge in [-0.1, -0.05) is 28.7 Å². The van der Waals surface area contributed by atoms with Gasteiger partial charge in [-0.2, -0.15) is 0 Å². The first-order valence-corrected chi connectivity index (χ1v) is 4.11. The van der Waals surface area contributed by atoms with Gasteiger partial charge >= 0.3 is 0 Å². The molecular weight excluding hydrogens is 215 g/mol. The summed E-state index contributed by atoms with van der Waals surface area (Å²) in [6.45, 7) is 0. The van der Waals surface area contributed by atoms with E-state index in [0.717, 1.165) is 6.42 Å². The predicted molar refractivity (Wildman–Crippen MR) is 44.6 cm³/mol. The van der Waals surface area contributed by atoms with Crippen LogP contribution in [0.4, 0.5) is 0 Å². The highest BCUT2D eigenvalue weighted by Crippen LogP contribution is 1.93. The Morgan fingerprint density at radius 3 is 2.88 bits per heavy atom. The Labute approximate surface area is 63.6 Å². The van der Waals surface area contributed by atoms with Gasteiger partial charge in [-0.05, 0) is 17.3 Å². The zero-order valence-electron chi connectivity index (χ0n) is 4.73. The van der Waals surface area contributed by atoms with E-state index in [9.17, 15) is 0 Å². The molecule has 0 aliphatic rings. The van der Waals surface area contributed by atoms with Gasteiger partial charge in [-0.25, -0.2) is 0 Å². The van der Waals surface area contributed by atoms with E-state index in [1.165, 1.54) is 10.8 Å². The van der Waals surface area contributed by atoms with Crippen LogP contribution in [0, 0.1) is 0 Å². The molecule has 0 bridgehead atoms. The molecule has 0 saturated carbocycles. The lowest BCUT2D eigenvalue weighted by Gasteiger charge is -1.86. The summed E-state index contributed by atoms with van der Waals surface area (Å²) in [6, 6.07) is 0. The zero-order valence-corrected chi connectivity index (χ0v) is 6.89. The standard InChI is InChI=1S/C5H11IN2/c6-4-2-1-3-5-8-7/h3,5,8H,1-2,4,7H2. The Kier molecular flexibility index (Phi) is 7.44. The zero-order chi connectivity index (χ0) is 6.24. The molecule has 0 fully saturated rings. The third-order valence-electron chi connectivity index (χ3n) is 0.718. The lowest BCUT2D eigenvalue weighted by molar-refractivity contribution is 0.927. The molecule has 0 aromatic rings. The first-order valence-electron chi connectivity index (χ1n) is 2.59. The van der Waals surface area contributed by atoms with Gasteiger partial charge < -0.3 is 5.43 Å². The topological polar surface area (TPSA) is 38.0 Å². The second kappa shape index (κ2) is 7.23. The van der Waals surface area contributed by atoms with E-state index in [0.29, 0.717) is 0 Å². The highest BCUT2D eigenvalue weighted by molar-refractivity contribution is 14.1. The minimum absolute atomic E-state index is 1.12. The Morgan fingerprint density at radius 1 is 1.62 bits per heavy atom. The third-order valence-corrected chi connectivity index (χ3v) is 1.48. The molecule has 0 saturated heterocycles. The lowest BCUT2D eigenvalue weighted by Crippen LogP contribution is -2.12. The SMILES string of the molecule is NNC=CCCCI. The van der Waals surface area contributed by atoms with E-state index >= 15 is 0 Å². The second-order valence-corrected chi connectivity index (χ2v) is 2.48. The maximum absolute atomic E-state index is 4.97. The molecule has 0 atom stereocenters. The summed E-state index contributed by atoms with van der Waals surface area (Å²) in [5.41, 5.74) is 2.44. The van der Waals surface area contributed by atoms with E-state index < -0.39 is 0 Å². The number of hydrazine groups is 1. The summed E-state index contributed by atoms with van der Waals surface area (Å²) in [7, 11) is 0. The van der Waals surface area contributed by atoms with Crippen LogP contribution < -0.4 is 11.3 Å². The summed E-state index contributed by atoms with van der Waals surface area (Å²) < 4.78 is 1.21. The van der Waals surface area contributed by atoms with Crippen molar-refractivity contribution in [3.8, 4) is 0 Å². The molecule has 3 heteroatoms. The minimum atomic E-state index is 1.12. The molecule has 0 aromatic carbocycles. The molecule has 48 valence electrons. The Hall–Kier alpha value is 0.230. The Bertz CT molecular complexity index is 63.4. The summed E-state index contributed by atoms with van der Waals surface area (Å²) in [6.07, 6.45) is 6.14. The van der Waals surface area contributed by atoms with Crippen molar-refractivity contribution in [1.82, 2.24) is 5.43 Å². The van der Waals surface area contributed by atoms with Crippen LogP contribution >= 0.6 is 22.6 Å². The summed E-state index contributed by atoms with van der Waals surface area (Å²) in [4.78, 5) is 0. The molecule has 0 aliphatic heterocycles. The molecule has 0 aromatic heterocycles. The molecule has 0 aliphatic carbocycles. The van der Waals surface area contributed by atoms with Crippen molar-refractivity contribution < 1.29 is 0 Å². The van der Waals surface area contributed by atoms with Gasteiger partial charge in [0.15, 0.2) is 0 Å². The van der Waals surface area contributed by atoms with E-state index in [1.807, 2.05) is 6.08 Å². The highest BCUT2D eigenvalue weighted by atomic mass is 127. The van der Waals surface area contributed by atoms with Crippen molar-refractivity contribution in [2.24, 2.45) is 5.84 Å². The van der Waals surface area contributed by atoms with E-state index in [1.54, 1.807) is 6.20 Å². The molecular formula is C5H11IN2. The van der Waals surface area contributed by atoms with E-state index in [2.05, 4.69) is 28.0 Å². The number of nitrogens with one attached hydrogen (secondary N) is 1. The average Bonchev–Trinajstić information content (AvgIpc) is 1.81. The van der Waals surface area contributed by atoms with Gasteiger partial charge in [0.1, 0.15) is 0 Å². The van der Waals surface area contributed by atoms with Gasteiger partial charge in [-0.3, -0.25) is 5.84 Å². The molecule has 0 heterocycles. The smallest absolute Gasteiger partial charge is 0.00826 e. The number of alkyl halides is 1. The van der Waals surface area contributed by atoms with Gasteiger partial charge in [0.05, 0.1) is 0 Å². The molecule has 0 unspecified atom stereocenters. The largest absolute Gasteiger partial charge is 0.332 e. The van der Waals surface area contributed by atoms with Gasteiger partial charge in [0.2, 0.25) is 0 Å². The average molecular weight is 226 g/mol. The fourth-order valence-corrected chi connectivity index (χ4v) is 0.787. The molecule has 0 rings (SSSR count). The van der Waals surface area contributed by atoms with Crippen molar-refractivity contribution in [3.05, 3.63) is 12.3 Å². The van der Waals surface area contributed by atoms with Crippen molar-refractivity contribution in [3.63, 3.8) is 0 Å². The molecule has 3 N–H and O–H groups in total. The van der Waals surface area contributed by atoms with Crippen molar-refractivity contribution in [1.29, 1.82) is 0 Å². The van der Waals surface area contributed by atoms with Crippen LogP contribution in [0.3, 0.4) is 0 Å². The highest BCUT2D eigenvalue weighted by Gasteiger charge is 1.75. The summed E-state index contributed by atoms with van der Waals surface area (Å²) >= 11 is 2.35. The first-order chi connectivity index (χ1) is 3.91. The molecule has 0 amide bonds. The van der Waals surface area contributed by atoms with E-state index in [4.69, 9.17) is 5.84 Å². The maximum atomic E-state index is 4.97. The van der Waals surface area contributed by atoms with Crippen molar-refractivity contribution >= 4 is 22.6 Å². The van der Waals surface area contributed by atoms with Gasteiger partial charge in [-0.15, -0.1) is 0 Å². The van der Waals surface area contributed by atoms with E-state index in [-0.39, 0.29) is 0 Å².